The summed E-state index contributed by atoms with van der Waals surface area (Å²) in [5, 5.41) is 14.9. The van der Waals surface area contributed by atoms with Crippen LogP contribution in [0.5, 0.6) is 0 Å². The third-order valence-corrected chi connectivity index (χ3v) is 3.91. The van der Waals surface area contributed by atoms with Crippen molar-refractivity contribution in [1.82, 2.24) is 0 Å². The van der Waals surface area contributed by atoms with Gasteiger partial charge in [0.25, 0.3) is 5.69 Å². The van der Waals surface area contributed by atoms with Crippen LogP contribution in [0.4, 0.5) is 11.4 Å². The molecule has 0 aliphatic heterocycles. The number of halogens is 3. The number of non-ortho nitro benzene ring substituents is 1. The zero-order chi connectivity index (χ0) is 15.6. The van der Waals surface area contributed by atoms with E-state index in [1.807, 2.05) is 25.1 Å². The molecule has 2 aromatic rings. The van der Waals surface area contributed by atoms with E-state index in [0.29, 0.717) is 10.7 Å². The van der Waals surface area contributed by atoms with E-state index in [2.05, 4.69) is 5.32 Å². The Bertz CT molecular complexity index is 669. The second-order valence-corrected chi connectivity index (χ2v) is 5.65. The van der Waals surface area contributed by atoms with Gasteiger partial charge in [0.2, 0.25) is 0 Å². The smallest absolute Gasteiger partial charge is 0.272 e. The molecule has 0 fully saturated rings. The van der Waals surface area contributed by atoms with Gasteiger partial charge in [0.05, 0.1) is 26.7 Å². The third kappa shape index (κ3) is 3.59. The zero-order valence-corrected chi connectivity index (χ0v) is 13.2. The summed E-state index contributed by atoms with van der Waals surface area (Å²) in [6, 6.07) is 9.74. The first-order valence-corrected chi connectivity index (χ1v) is 7.18. The Morgan fingerprint density at radius 2 is 1.67 bits per heavy atom. The molecule has 0 aliphatic rings. The Hall–Kier alpha value is -1.49. The van der Waals surface area contributed by atoms with Crippen molar-refractivity contribution < 1.29 is 4.92 Å². The average Bonchev–Trinajstić information content (AvgIpc) is 2.42. The van der Waals surface area contributed by atoms with Crippen LogP contribution in [0.1, 0.15) is 18.5 Å². The number of hydrogen-bond donors (Lipinski definition) is 1. The van der Waals surface area contributed by atoms with Crippen LogP contribution in [0.3, 0.4) is 0 Å². The summed E-state index contributed by atoms with van der Waals surface area (Å²) in [5.74, 6) is 0. The summed E-state index contributed by atoms with van der Waals surface area (Å²) in [6.07, 6.45) is 0. The molecule has 0 aromatic heterocycles. The molecular weight excluding hydrogens is 335 g/mol. The highest BCUT2D eigenvalue weighted by atomic mass is 35.5. The molecule has 0 saturated carbocycles. The Labute approximate surface area is 136 Å². The minimum absolute atomic E-state index is 0.152. The molecule has 21 heavy (non-hydrogen) atoms. The average molecular weight is 346 g/mol. The van der Waals surface area contributed by atoms with Crippen LogP contribution in [0.15, 0.2) is 36.4 Å². The van der Waals surface area contributed by atoms with Crippen LogP contribution in [0.25, 0.3) is 0 Å². The minimum Gasteiger partial charge on any atom is -0.376 e. The molecule has 1 unspecified atom stereocenters. The SMILES string of the molecule is CC(Nc1c(Cl)cc([N+](=O)[O-])cc1Cl)c1ccccc1Cl. The first kappa shape index (κ1) is 15.9. The van der Waals surface area contributed by atoms with Crippen LogP contribution >= 0.6 is 34.8 Å². The third-order valence-electron chi connectivity index (χ3n) is 2.97. The number of hydrogen-bond acceptors (Lipinski definition) is 3. The Balaban J connectivity index is 2.32. The molecular formula is C14H11Cl3N2O2. The van der Waals surface area contributed by atoms with Gasteiger partial charge in [0.15, 0.2) is 0 Å². The number of nitrogens with one attached hydrogen (secondary N) is 1. The number of nitro groups is 1. The van der Waals surface area contributed by atoms with Crippen molar-refractivity contribution in [3.63, 3.8) is 0 Å². The highest BCUT2D eigenvalue weighted by molar-refractivity contribution is 6.39. The number of benzene rings is 2. The lowest BCUT2D eigenvalue weighted by Gasteiger charge is -2.18. The van der Waals surface area contributed by atoms with Gasteiger partial charge in [-0.2, -0.15) is 0 Å². The molecule has 1 atom stereocenters. The molecule has 0 amide bonds. The van der Waals surface area contributed by atoms with E-state index in [9.17, 15) is 10.1 Å². The largest absolute Gasteiger partial charge is 0.376 e. The monoisotopic (exact) mass is 344 g/mol. The molecule has 1 N–H and O–H groups in total. The maximum atomic E-state index is 10.8. The maximum Gasteiger partial charge on any atom is 0.272 e. The summed E-state index contributed by atoms with van der Waals surface area (Å²) >= 11 is 18.3. The number of anilines is 1. The fourth-order valence-electron chi connectivity index (χ4n) is 1.92. The zero-order valence-electron chi connectivity index (χ0n) is 10.9. The Morgan fingerprint density at radius 3 is 2.19 bits per heavy atom. The van der Waals surface area contributed by atoms with Crippen LogP contribution in [-0.4, -0.2) is 4.92 Å². The summed E-state index contributed by atoms with van der Waals surface area (Å²) in [4.78, 5) is 10.2. The van der Waals surface area contributed by atoms with Gasteiger partial charge in [0, 0.05) is 17.2 Å². The normalized spacial score (nSPS) is 12.0. The first-order chi connectivity index (χ1) is 9.90. The van der Waals surface area contributed by atoms with Crippen molar-refractivity contribution in [2.24, 2.45) is 0 Å². The van der Waals surface area contributed by atoms with Gasteiger partial charge in [-0.05, 0) is 18.6 Å². The minimum atomic E-state index is -0.543. The van der Waals surface area contributed by atoms with E-state index in [0.717, 1.165) is 5.56 Å². The van der Waals surface area contributed by atoms with Gasteiger partial charge < -0.3 is 5.32 Å². The van der Waals surface area contributed by atoms with Crippen molar-refractivity contribution in [2.45, 2.75) is 13.0 Å². The molecule has 0 spiro atoms. The van der Waals surface area contributed by atoms with Gasteiger partial charge in [0.1, 0.15) is 0 Å². The molecule has 0 heterocycles. The first-order valence-electron chi connectivity index (χ1n) is 6.04. The van der Waals surface area contributed by atoms with Crippen molar-refractivity contribution >= 4 is 46.2 Å². The fourth-order valence-corrected chi connectivity index (χ4v) is 2.81. The van der Waals surface area contributed by atoms with E-state index >= 15 is 0 Å². The Morgan fingerprint density at radius 1 is 1.10 bits per heavy atom. The lowest BCUT2D eigenvalue weighted by molar-refractivity contribution is -0.384. The molecule has 0 aliphatic carbocycles. The number of rotatable bonds is 4. The van der Waals surface area contributed by atoms with E-state index < -0.39 is 4.92 Å². The van der Waals surface area contributed by atoms with Gasteiger partial charge in [-0.15, -0.1) is 0 Å². The summed E-state index contributed by atoms with van der Waals surface area (Å²) in [7, 11) is 0. The second kappa shape index (κ2) is 6.52. The number of nitro benzene ring substituents is 1. The fraction of sp³-hybridized carbons (Fsp3) is 0.143. The molecule has 0 saturated heterocycles. The maximum absolute atomic E-state index is 10.8. The van der Waals surface area contributed by atoms with Crippen LogP contribution in [0, 0.1) is 10.1 Å². The molecule has 4 nitrogen and oxygen atoms in total. The van der Waals surface area contributed by atoms with Crippen molar-refractivity contribution in [2.75, 3.05) is 5.32 Å². The molecule has 7 heteroatoms. The van der Waals surface area contributed by atoms with Gasteiger partial charge in [-0.25, -0.2) is 0 Å². The van der Waals surface area contributed by atoms with E-state index in [-0.39, 0.29) is 21.8 Å². The summed E-state index contributed by atoms with van der Waals surface area (Å²) in [6.45, 7) is 1.90. The van der Waals surface area contributed by atoms with Gasteiger partial charge in [-0.3, -0.25) is 10.1 Å². The predicted octanol–water partition coefficient (Wildman–Crippen LogP) is 5.73. The molecule has 2 rings (SSSR count). The van der Waals surface area contributed by atoms with Crippen molar-refractivity contribution in [1.29, 1.82) is 0 Å². The van der Waals surface area contributed by atoms with Crippen LogP contribution in [0.2, 0.25) is 15.1 Å². The van der Waals surface area contributed by atoms with Gasteiger partial charge in [-0.1, -0.05) is 53.0 Å². The van der Waals surface area contributed by atoms with Crippen molar-refractivity contribution in [3.05, 3.63) is 67.1 Å². The van der Waals surface area contributed by atoms with Gasteiger partial charge >= 0.3 is 0 Å². The molecule has 0 bridgehead atoms. The van der Waals surface area contributed by atoms with Crippen LogP contribution in [-0.2, 0) is 0 Å². The summed E-state index contributed by atoms with van der Waals surface area (Å²) < 4.78 is 0. The van der Waals surface area contributed by atoms with E-state index in [1.54, 1.807) is 6.07 Å². The van der Waals surface area contributed by atoms with Crippen molar-refractivity contribution in [3.8, 4) is 0 Å². The molecule has 0 radical (unpaired) electrons. The number of nitrogens with zero attached hydrogens (tertiary/aromatic N) is 1. The topological polar surface area (TPSA) is 55.2 Å². The molecule has 2 aromatic carbocycles. The second-order valence-electron chi connectivity index (χ2n) is 4.43. The highest BCUT2D eigenvalue weighted by Gasteiger charge is 2.17. The Kier molecular flexibility index (Phi) is 4.93. The lowest BCUT2D eigenvalue weighted by Crippen LogP contribution is -2.08. The standard InChI is InChI=1S/C14H11Cl3N2O2/c1-8(10-4-2-3-5-11(10)15)18-14-12(16)6-9(19(20)21)7-13(14)17/h2-8,18H,1H3. The predicted molar refractivity (Wildman–Crippen MR) is 86.6 cm³/mol. The quantitative estimate of drug-likeness (QED) is 0.569. The summed E-state index contributed by atoms with van der Waals surface area (Å²) in [5.41, 5.74) is 1.17. The van der Waals surface area contributed by atoms with E-state index in [1.165, 1.54) is 12.1 Å². The highest BCUT2D eigenvalue weighted by Crippen LogP contribution is 2.37. The lowest BCUT2D eigenvalue weighted by atomic mass is 10.1. The molecule has 110 valence electrons. The van der Waals surface area contributed by atoms with Crippen LogP contribution < -0.4 is 5.32 Å². The van der Waals surface area contributed by atoms with E-state index in [4.69, 9.17) is 34.8 Å².